The van der Waals surface area contributed by atoms with Gasteiger partial charge in [0, 0.05) is 16.0 Å². The molecule has 1 aromatic rings. The van der Waals surface area contributed by atoms with Crippen LogP contribution >= 0.6 is 15.9 Å². The van der Waals surface area contributed by atoms with Crippen molar-refractivity contribution in [2.24, 2.45) is 0 Å². The second-order valence-corrected chi connectivity index (χ2v) is 5.50. The quantitative estimate of drug-likeness (QED) is 0.806. The van der Waals surface area contributed by atoms with E-state index in [4.69, 9.17) is 9.47 Å². The maximum atomic E-state index is 9.91. The van der Waals surface area contributed by atoms with Crippen LogP contribution in [0.2, 0.25) is 0 Å². The van der Waals surface area contributed by atoms with Crippen molar-refractivity contribution in [1.82, 2.24) is 0 Å². The van der Waals surface area contributed by atoms with Crippen molar-refractivity contribution in [2.45, 2.75) is 24.5 Å². The summed E-state index contributed by atoms with van der Waals surface area (Å²) in [7, 11) is 0. The maximum Gasteiger partial charge on any atom is 0.119 e. The smallest absolute Gasteiger partial charge is 0.119 e. The maximum absolute atomic E-state index is 9.91. The first-order valence-corrected chi connectivity index (χ1v) is 6.14. The summed E-state index contributed by atoms with van der Waals surface area (Å²) in [5.41, 5.74) is 0.746. The number of halogens is 1. The average Bonchev–Trinajstić information content (AvgIpc) is 2.93. The van der Waals surface area contributed by atoms with Gasteiger partial charge in [0.15, 0.2) is 0 Å². The number of fused-ring (bicyclic) bond motifs is 1. The third kappa shape index (κ3) is 1.48. The molecule has 3 atom stereocenters. The summed E-state index contributed by atoms with van der Waals surface area (Å²) in [6.45, 7) is 3.37. The molecular weight excluding hydrogens is 272 g/mol. The molecule has 0 amide bonds. The lowest BCUT2D eigenvalue weighted by Gasteiger charge is -2.26. The van der Waals surface area contributed by atoms with Crippen LogP contribution in [0.4, 0.5) is 0 Å². The SMILES string of the molecule is CC12OC1COCC2c1cc(Br)ccc1O. The summed E-state index contributed by atoms with van der Waals surface area (Å²) in [5.74, 6) is 0.429. The van der Waals surface area contributed by atoms with Crippen LogP contribution in [0.5, 0.6) is 5.75 Å². The van der Waals surface area contributed by atoms with Crippen LogP contribution in [0.25, 0.3) is 0 Å². The molecule has 2 saturated heterocycles. The van der Waals surface area contributed by atoms with Crippen LogP contribution in [-0.4, -0.2) is 30.0 Å². The molecule has 0 aliphatic carbocycles. The van der Waals surface area contributed by atoms with Gasteiger partial charge in [-0.3, -0.25) is 0 Å². The van der Waals surface area contributed by atoms with Gasteiger partial charge in [-0.2, -0.15) is 0 Å². The second-order valence-electron chi connectivity index (χ2n) is 4.58. The predicted molar refractivity (Wildman–Crippen MR) is 62.6 cm³/mol. The number of epoxide rings is 1. The van der Waals surface area contributed by atoms with Crippen molar-refractivity contribution < 1.29 is 14.6 Å². The molecule has 0 saturated carbocycles. The van der Waals surface area contributed by atoms with Gasteiger partial charge in [0.25, 0.3) is 0 Å². The number of phenolic OH excluding ortho intramolecular Hbond substituents is 1. The van der Waals surface area contributed by atoms with E-state index >= 15 is 0 Å². The Kier molecular flexibility index (Phi) is 2.28. The van der Waals surface area contributed by atoms with Crippen LogP contribution in [0.3, 0.4) is 0 Å². The van der Waals surface area contributed by atoms with Gasteiger partial charge in [0.1, 0.15) is 17.5 Å². The average molecular weight is 285 g/mol. The number of rotatable bonds is 1. The molecule has 2 fully saturated rings. The van der Waals surface area contributed by atoms with Gasteiger partial charge in [0.2, 0.25) is 0 Å². The molecule has 86 valence electrons. The van der Waals surface area contributed by atoms with Crippen molar-refractivity contribution >= 4 is 15.9 Å². The Morgan fingerprint density at radius 2 is 2.25 bits per heavy atom. The van der Waals surface area contributed by atoms with Gasteiger partial charge < -0.3 is 14.6 Å². The fourth-order valence-corrected chi connectivity index (χ4v) is 2.82. The topological polar surface area (TPSA) is 42.0 Å². The fourth-order valence-electron chi connectivity index (χ4n) is 2.44. The Labute approximate surface area is 102 Å². The zero-order chi connectivity index (χ0) is 11.3. The number of benzene rings is 1. The van der Waals surface area contributed by atoms with E-state index < -0.39 is 0 Å². The Balaban J connectivity index is 1.99. The Hall–Kier alpha value is -0.580. The van der Waals surface area contributed by atoms with Crippen molar-refractivity contribution in [2.75, 3.05) is 13.2 Å². The highest BCUT2D eigenvalue weighted by molar-refractivity contribution is 9.10. The molecule has 2 heterocycles. The Bertz CT molecular complexity index is 434. The minimum Gasteiger partial charge on any atom is -0.508 e. The zero-order valence-corrected chi connectivity index (χ0v) is 10.5. The minimum absolute atomic E-state index is 0.115. The lowest BCUT2D eigenvalue weighted by Crippen LogP contribution is -2.32. The highest BCUT2D eigenvalue weighted by Gasteiger charge is 2.60. The highest BCUT2D eigenvalue weighted by atomic mass is 79.9. The first-order valence-electron chi connectivity index (χ1n) is 5.35. The summed E-state index contributed by atoms with van der Waals surface area (Å²) in [6, 6.07) is 5.48. The molecule has 0 spiro atoms. The van der Waals surface area contributed by atoms with Crippen LogP contribution in [0.1, 0.15) is 18.4 Å². The molecule has 4 heteroatoms. The van der Waals surface area contributed by atoms with E-state index in [0.29, 0.717) is 19.0 Å². The van der Waals surface area contributed by atoms with Gasteiger partial charge in [-0.1, -0.05) is 15.9 Å². The van der Waals surface area contributed by atoms with E-state index in [2.05, 4.69) is 22.9 Å². The van der Waals surface area contributed by atoms with E-state index in [1.54, 1.807) is 6.07 Å². The molecule has 0 bridgehead atoms. The third-order valence-corrected chi connectivity index (χ3v) is 4.08. The number of aromatic hydroxyl groups is 1. The fraction of sp³-hybridized carbons (Fsp3) is 0.500. The first kappa shape index (κ1) is 10.6. The van der Waals surface area contributed by atoms with E-state index in [1.807, 2.05) is 12.1 Å². The van der Waals surface area contributed by atoms with Crippen LogP contribution in [-0.2, 0) is 9.47 Å². The van der Waals surface area contributed by atoms with Crippen molar-refractivity contribution in [1.29, 1.82) is 0 Å². The standard InChI is InChI=1S/C12H13BrO3/c1-12-9(5-15-6-11(12)16-12)8-4-7(13)2-3-10(8)14/h2-4,9,11,14H,5-6H2,1H3. The lowest BCUT2D eigenvalue weighted by molar-refractivity contribution is 0.0829. The largest absolute Gasteiger partial charge is 0.508 e. The van der Waals surface area contributed by atoms with Crippen LogP contribution in [0.15, 0.2) is 22.7 Å². The lowest BCUT2D eigenvalue weighted by atomic mass is 9.83. The molecule has 16 heavy (non-hydrogen) atoms. The van der Waals surface area contributed by atoms with E-state index in [0.717, 1.165) is 10.0 Å². The summed E-state index contributed by atoms with van der Waals surface area (Å²) < 4.78 is 12.1. The Morgan fingerprint density at radius 3 is 3.06 bits per heavy atom. The van der Waals surface area contributed by atoms with Gasteiger partial charge in [-0.25, -0.2) is 0 Å². The molecule has 1 aromatic carbocycles. The summed E-state index contributed by atoms with van der Waals surface area (Å²) in [4.78, 5) is 0. The summed E-state index contributed by atoms with van der Waals surface area (Å²) in [6.07, 6.45) is 0.185. The molecule has 0 radical (unpaired) electrons. The van der Waals surface area contributed by atoms with Crippen LogP contribution in [0, 0.1) is 0 Å². The number of ether oxygens (including phenoxy) is 2. The normalized spacial score (nSPS) is 36.9. The van der Waals surface area contributed by atoms with Gasteiger partial charge in [0.05, 0.1) is 13.2 Å². The molecule has 2 aliphatic rings. The van der Waals surface area contributed by atoms with Crippen LogP contribution < -0.4 is 0 Å². The van der Waals surface area contributed by atoms with Gasteiger partial charge in [-0.05, 0) is 25.1 Å². The predicted octanol–water partition coefficient (Wildman–Crippen LogP) is 2.43. The van der Waals surface area contributed by atoms with E-state index in [1.165, 1.54) is 0 Å². The number of phenols is 1. The summed E-state index contributed by atoms with van der Waals surface area (Å²) >= 11 is 3.42. The van der Waals surface area contributed by atoms with Gasteiger partial charge >= 0.3 is 0 Å². The first-order chi connectivity index (χ1) is 7.61. The molecule has 3 nitrogen and oxygen atoms in total. The third-order valence-electron chi connectivity index (χ3n) is 3.59. The minimum atomic E-state index is -0.156. The second kappa shape index (κ2) is 3.45. The summed E-state index contributed by atoms with van der Waals surface area (Å²) in [5, 5.41) is 9.91. The highest BCUT2D eigenvalue weighted by Crippen LogP contribution is 2.52. The molecule has 3 unspecified atom stereocenters. The van der Waals surface area contributed by atoms with Crippen molar-refractivity contribution in [3.63, 3.8) is 0 Å². The molecular formula is C12H13BrO3. The van der Waals surface area contributed by atoms with Crippen molar-refractivity contribution in [3.05, 3.63) is 28.2 Å². The van der Waals surface area contributed by atoms with E-state index in [9.17, 15) is 5.11 Å². The van der Waals surface area contributed by atoms with Crippen molar-refractivity contribution in [3.8, 4) is 5.75 Å². The van der Waals surface area contributed by atoms with Gasteiger partial charge in [-0.15, -0.1) is 0 Å². The molecule has 1 N–H and O–H groups in total. The monoisotopic (exact) mass is 284 g/mol. The number of hydrogen-bond donors (Lipinski definition) is 1. The number of hydrogen-bond acceptors (Lipinski definition) is 3. The molecule has 0 aromatic heterocycles. The Morgan fingerprint density at radius 1 is 1.44 bits per heavy atom. The van der Waals surface area contributed by atoms with E-state index in [-0.39, 0.29) is 17.6 Å². The zero-order valence-electron chi connectivity index (χ0n) is 8.94. The molecule has 3 rings (SSSR count). The molecule has 2 aliphatic heterocycles.